The highest BCUT2D eigenvalue weighted by atomic mass is 35.5. The zero-order valence-electron chi connectivity index (χ0n) is 23.0. The molecule has 5 rings (SSSR count). The Morgan fingerprint density at radius 2 is 1.79 bits per heavy atom. The van der Waals surface area contributed by atoms with Crippen molar-refractivity contribution in [2.45, 2.75) is 25.9 Å². The summed E-state index contributed by atoms with van der Waals surface area (Å²) in [5, 5.41) is 8.33. The number of aromatic nitrogens is 6. The molecule has 0 fully saturated rings. The first-order chi connectivity index (χ1) is 20.6. The molecule has 2 aromatic carbocycles. The Morgan fingerprint density at radius 1 is 1.05 bits per heavy atom. The third kappa shape index (κ3) is 6.10. The van der Waals surface area contributed by atoms with Gasteiger partial charge in [0.2, 0.25) is 5.95 Å². The van der Waals surface area contributed by atoms with Gasteiger partial charge in [-0.3, -0.25) is 14.0 Å². The summed E-state index contributed by atoms with van der Waals surface area (Å²) in [5.74, 6) is -4.88. The molecular weight excluding hydrogens is 591 g/mol. The Hall–Kier alpha value is -4.69. The number of H-pyrrole nitrogens is 1. The minimum Gasteiger partial charge on any atom is -0.385 e. The number of aromatic amines is 1. The van der Waals surface area contributed by atoms with E-state index in [1.807, 2.05) is 0 Å². The predicted octanol–water partition coefficient (Wildman–Crippen LogP) is 3.47. The summed E-state index contributed by atoms with van der Waals surface area (Å²) >= 11 is 6.54. The fraction of sp³-hybridized carbons (Fsp3) is 0.250. The van der Waals surface area contributed by atoms with Gasteiger partial charge in [-0.15, -0.1) is 0 Å². The van der Waals surface area contributed by atoms with E-state index in [1.54, 1.807) is 31.0 Å². The molecule has 0 aliphatic carbocycles. The number of anilines is 2. The van der Waals surface area contributed by atoms with Gasteiger partial charge < -0.3 is 15.0 Å². The molecule has 11 nitrogen and oxygen atoms in total. The molecule has 43 heavy (non-hydrogen) atoms. The molecule has 0 amide bonds. The van der Waals surface area contributed by atoms with E-state index in [0.717, 1.165) is 34.2 Å². The quantitative estimate of drug-likeness (QED) is 0.182. The summed E-state index contributed by atoms with van der Waals surface area (Å²) < 4.78 is 50.3. The van der Waals surface area contributed by atoms with Crippen molar-refractivity contribution in [2.24, 2.45) is 7.05 Å². The second-order valence-electron chi connectivity index (χ2n) is 9.71. The lowest BCUT2D eigenvalue weighted by Gasteiger charge is -2.16. The number of methoxy groups -OCH3 is 1. The monoisotopic (exact) mass is 615 g/mol. The molecule has 0 spiro atoms. The molecule has 0 aliphatic rings. The number of halogens is 4. The SMILES string of the molecule is COCCCc1c2cc(Nc3nc(=O)n(Cc4ccc[nH]c4=O)c(=O)n3Cc3cc(F)c(F)c(F)c3)c(Cl)cc2nn1C. The Morgan fingerprint density at radius 3 is 2.49 bits per heavy atom. The van der Waals surface area contributed by atoms with E-state index < -0.39 is 47.5 Å². The van der Waals surface area contributed by atoms with Gasteiger partial charge in [0.1, 0.15) is 0 Å². The lowest BCUT2D eigenvalue weighted by molar-refractivity contribution is 0.194. The average Bonchev–Trinajstić information content (AvgIpc) is 3.26. The fourth-order valence-corrected chi connectivity index (χ4v) is 4.91. The van der Waals surface area contributed by atoms with Crippen LogP contribution in [0.2, 0.25) is 5.02 Å². The number of rotatable bonds is 10. The van der Waals surface area contributed by atoms with Gasteiger partial charge in [0.25, 0.3) is 5.56 Å². The summed E-state index contributed by atoms with van der Waals surface area (Å²) in [4.78, 5) is 45.5. The van der Waals surface area contributed by atoms with Crippen LogP contribution < -0.4 is 22.3 Å². The molecule has 0 radical (unpaired) electrons. The summed E-state index contributed by atoms with van der Waals surface area (Å²) in [6.45, 7) is -0.402. The van der Waals surface area contributed by atoms with Gasteiger partial charge in [0.05, 0.1) is 29.3 Å². The molecule has 0 atom stereocenters. The van der Waals surface area contributed by atoms with Gasteiger partial charge in [-0.1, -0.05) is 17.7 Å². The molecule has 0 unspecified atom stereocenters. The Balaban J connectivity index is 1.63. The van der Waals surface area contributed by atoms with Crippen LogP contribution in [0.15, 0.2) is 57.0 Å². The standard InChI is InChI=1S/C28H25ClF3N7O4/c1-37-23(6-4-8-43-2)17-11-22(18(29)12-21(17)36-37)34-26-35-27(41)39(14-16-5-3-7-33-25(16)40)28(42)38(26)13-15-9-19(30)24(32)20(31)10-15/h3,5,7,9-12H,4,6,8,13-14H2,1-2H3,(H,33,40)(H,34,35,41). The predicted molar refractivity (Wildman–Crippen MR) is 154 cm³/mol. The largest absolute Gasteiger partial charge is 0.385 e. The number of hydrogen-bond acceptors (Lipinski definition) is 7. The van der Waals surface area contributed by atoms with Crippen LogP contribution in [-0.4, -0.2) is 42.6 Å². The number of fused-ring (bicyclic) bond motifs is 1. The van der Waals surface area contributed by atoms with Gasteiger partial charge in [-0.2, -0.15) is 10.1 Å². The summed E-state index contributed by atoms with van der Waals surface area (Å²) in [7, 11) is 3.40. The van der Waals surface area contributed by atoms with E-state index in [9.17, 15) is 27.6 Å². The number of nitrogens with zero attached hydrogens (tertiary/aromatic N) is 5. The third-order valence-corrected chi connectivity index (χ3v) is 7.13. The highest BCUT2D eigenvalue weighted by molar-refractivity contribution is 6.34. The molecule has 224 valence electrons. The molecule has 0 bridgehead atoms. The highest BCUT2D eigenvalue weighted by Gasteiger charge is 2.19. The van der Waals surface area contributed by atoms with E-state index in [2.05, 4.69) is 20.4 Å². The summed E-state index contributed by atoms with van der Waals surface area (Å²) in [6, 6.07) is 7.71. The Bertz CT molecular complexity index is 2000. The van der Waals surface area contributed by atoms with Crippen molar-refractivity contribution in [3.63, 3.8) is 0 Å². The van der Waals surface area contributed by atoms with Crippen molar-refractivity contribution in [3.05, 3.63) is 113 Å². The molecule has 15 heteroatoms. The molecule has 3 heterocycles. The molecular formula is C28H25ClF3N7O4. The van der Waals surface area contributed by atoms with Crippen molar-refractivity contribution in [1.82, 2.24) is 28.9 Å². The second-order valence-corrected chi connectivity index (χ2v) is 10.1. The van der Waals surface area contributed by atoms with Gasteiger partial charge in [-0.25, -0.2) is 27.3 Å². The lowest BCUT2D eigenvalue weighted by Crippen LogP contribution is -2.43. The summed E-state index contributed by atoms with van der Waals surface area (Å²) in [6.07, 6.45) is 2.76. The number of aryl methyl sites for hydroxylation is 2. The topological polar surface area (TPSA) is 129 Å². The maximum atomic E-state index is 14.1. The first-order valence-electron chi connectivity index (χ1n) is 13.0. The first kappa shape index (κ1) is 29.8. The summed E-state index contributed by atoms with van der Waals surface area (Å²) in [5.41, 5.74) is -0.737. The maximum absolute atomic E-state index is 14.1. The van der Waals surface area contributed by atoms with E-state index in [1.165, 1.54) is 18.3 Å². The van der Waals surface area contributed by atoms with Crippen LogP contribution in [-0.2, 0) is 31.3 Å². The number of benzene rings is 2. The van der Waals surface area contributed by atoms with Gasteiger partial charge in [0, 0.05) is 43.6 Å². The van der Waals surface area contributed by atoms with Gasteiger partial charge in [0.15, 0.2) is 17.5 Å². The van der Waals surface area contributed by atoms with Crippen LogP contribution in [0.4, 0.5) is 24.8 Å². The van der Waals surface area contributed by atoms with Gasteiger partial charge >= 0.3 is 11.4 Å². The highest BCUT2D eigenvalue weighted by Crippen LogP contribution is 2.31. The minimum absolute atomic E-state index is 0.0979. The van der Waals surface area contributed by atoms with Crippen LogP contribution in [0.25, 0.3) is 10.9 Å². The lowest BCUT2D eigenvalue weighted by atomic mass is 10.1. The molecule has 0 saturated carbocycles. The van der Waals surface area contributed by atoms with Crippen LogP contribution in [0.3, 0.4) is 0 Å². The molecule has 3 aromatic heterocycles. The van der Waals surface area contributed by atoms with Crippen LogP contribution in [0.1, 0.15) is 23.2 Å². The molecule has 5 aromatic rings. The zero-order chi connectivity index (χ0) is 30.8. The molecule has 2 N–H and O–H groups in total. The van der Waals surface area contributed by atoms with E-state index >= 15 is 0 Å². The second kappa shape index (κ2) is 12.3. The van der Waals surface area contributed by atoms with Gasteiger partial charge in [-0.05, 0) is 48.7 Å². The van der Waals surface area contributed by atoms with Crippen molar-refractivity contribution in [1.29, 1.82) is 0 Å². The van der Waals surface area contributed by atoms with Crippen molar-refractivity contribution in [2.75, 3.05) is 19.0 Å². The first-order valence-corrected chi connectivity index (χ1v) is 13.4. The van der Waals surface area contributed by atoms with Crippen molar-refractivity contribution in [3.8, 4) is 0 Å². The Labute approximate surface area is 246 Å². The average molecular weight is 616 g/mol. The van der Waals surface area contributed by atoms with Crippen LogP contribution in [0.5, 0.6) is 0 Å². The molecule has 0 saturated heterocycles. The van der Waals surface area contributed by atoms with E-state index in [-0.39, 0.29) is 27.8 Å². The smallest absolute Gasteiger partial charge is 0.355 e. The minimum atomic E-state index is -1.67. The number of hydrogen-bond donors (Lipinski definition) is 2. The van der Waals surface area contributed by atoms with Crippen molar-refractivity contribution >= 4 is 34.1 Å². The zero-order valence-corrected chi connectivity index (χ0v) is 23.7. The maximum Gasteiger partial charge on any atom is 0.355 e. The van der Waals surface area contributed by atoms with Crippen LogP contribution in [0, 0.1) is 17.5 Å². The fourth-order valence-electron chi connectivity index (χ4n) is 4.71. The van der Waals surface area contributed by atoms with E-state index in [0.29, 0.717) is 23.1 Å². The van der Waals surface area contributed by atoms with E-state index in [4.69, 9.17) is 16.3 Å². The molecule has 0 aliphatic heterocycles. The van der Waals surface area contributed by atoms with Crippen molar-refractivity contribution < 1.29 is 17.9 Å². The Kier molecular flexibility index (Phi) is 8.50. The number of pyridine rings is 1. The normalized spacial score (nSPS) is 11.4. The van der Waals surface area contributed by atoms with Crippen LogP contribution >= 0.6 is 11.6 Å². The number of ether oxygens (including phenoxy) is 1. The number of nitrogens with one attached hydrogen (secondary N) is 2. The third-order valence-electron chi connectivity index (χ3n) is 6.82.